The van der Waals surface area contributed by atoms with Crippen molar-refractivity contribution in [3.05, 3.63) is 64.9 Å². The predicted molar refractivity (Wildman–Crippen MR) is 151 cm³/mol. The number of thioether (sulfide) groups is 1. The van der Waals surface area contributed by atoms with Crippen LogP contribution >= 0.6 is 11.8 Å². The van der Waals surface area contributed by atoms with Gasteiger partial charge in [-0.15, -0.1) is 11.8 Å². The molecule has 1 saturated heterocycles. The van der Waals surface area contributed by atoms with E-state index in [9.17, 15) is 14.0 Å². The number of hydrogen-bond donors (Lipinski definition) is 0. The summed E-state index contributed by atoms with van der Waals surface area (Å²) < 4.78 is 21.3. The number of aromatic nitrogens is 2. The molecule has 1 fully saturated rings. The van der Waals surface area contributed by atoms with Crippen molar-refractivity contribution in [3.8, 4) is 11.1 Å². The average molecular weight is 537 g/mol. The number of nitrogens with zero attached hydrogens (tertiary/aromatic N) is 4. The molecule has 1 aromatic heterocycles. The molecule has 2 aromatic carbocycles. The number of halogens is 1. The van der Waals surface area contributed by atoms with E-state index in [0.717, 1.165) is 32.5 Å². The van der Waals surface area contributed by atoms with E-state index >= 15 is 0 Å². The second kappa shape index (κ2) is 10.5. The van der Waals surface area contributed by atoms with Gasteiger partial charge in [0, 0.05) is 53.4 Å². The minimum Gasteiger partial charge on any atom is -0.380 e. The Morgan fingerprint density at radius 3 is 2.55 bits per heavy atom. The third-order valence-electron chi connectivity index (χ3n) is 7.42. The van der Waals surface area contributed by atoms with E-state index < -0.39 is 0 Å². The lowest BCUT2D eigenvalue weighted by Crippen LogP contribution is -2.58. The summed E-state index contributed by atoms with van der Waals surface area (Å²) in [7, 11) is 0. The molecule has 0 aliphatic carbocycles. The highest BCUT2D eigenvalue weighted by Crippen LogP contribution is 2.46. The zero-order valence-corrected chi connectivity index (χ0v) is 23.1. The molecule has 1 amide bonds. The highest BCUT2D eigenvalue weighted by atomic mass is 32.2. The van der Waals surface area contributed by atoms with Crippen LogP contribution in [-0.4, -0.2) is 64.5 Å². The topological polar surface area (TPSA) is 67.7 Å². The number of amides is 1. The molecule has 9 heteroatoms. The lowest BCUT2D eigenvalue weighted by atomic mass is 9.97. The molecule has 7 nitrogen and oxygen atoms in total. The van der Waals surface area contributed by atoms with Gasteiger partial charge in [-0.3, -0.25) is 9.36 Å². The van der Waals surface area contributed by atoms with Crippen molar-refractivity contribution in [3.63, 3.8) is 0 Å². The van der Waals surface area contributed by atoms with Gasteiger partial charge in [0.1, 0.15) is 11.6 Å². The van der Waals surface area contributed by atoms with Gasteiger partial charge in [0.2, 0.25) is 5.91 Å². The van der Waals surface area contributed by atoms with Gasteiger partial charge in [0.05, 0.1) is 18.2 Å². The maximum absolute atomic E-state index is 13.8. The monoisotopic (exact) mass is 536 g/mol. The van der Waals surface area contributed by atoms with Gasteiger partial charge in [0.15, 0.2) is 0 Å². The van der Waals surface area contributed by atoms with Crippen molar-refractivity contribution in [1.29, 1.82) is 0 Å². The summed E-state index contributed by atoms with van der Waals surface area (Å²) in [5, 5.41) is 0.902. The van der Waals surface area contributed by atoms with Crippen molar-refractivity contribution in [1.82, 2.24) is 14.5 Å². The first-order valence-corrected chi connectivity index (χ1v) is 14.0. The molecule has 5 rings (SSSR count). The lowest BCUT2D eigenvalue weighted by molar-refractivity contribution is -0.130. The highest BCUT2D eigenvalue weighted by molar-refractivity contribution is 7.99. The molecular formula is C29H33FN4O3S. The number of benzene rings is 2. The van der Waals surface area contributed by atoms with Crippen LogP contribution in [0.2, 0.25) is 0 Å². The number of ether oxygens (including phenoxy) is 1. The molecule has 3 heterocycles. The Balaban J connectivity index is 1.71. The Labute approximate surface area is 226 Å². The van der Waals surface area contributed by atoms with Gasteiger partial charge in [-0.05, 0) is 63.1 Å². The zero-order valence-electron chi connectivity index (χ0n) is 22.2. The molecule has 0 bridgehead atoms. The van der Waals surface area contributed by atoms with Gasteiger partial charge in [0.25, 0.3) is 0 Å². The molecule has 0 radical (unpaired) electrons. The fourth-order valence-electron chi connectivity index (χ4n) is 5.85. The Morgan fingerprint density at radius 2 is 1.92 bits per heavy atom. The summed E-state index contributed by atoms with van der Waals surface area (Å²) >= 11 is 1.71. The molecule has 0 saturated carbocycles. The number of aryl methyl sites for hydroxylation is 1. The number of anilines is 1. The fraction of sp³-hybridized carbons (Fsp3) is 0.414. The van der Waals surface area contributed by atoms with Gasteiger partial charge in [-0.1, -0.05) is 18.7 Å². The molecular weight excluding hydrogens is 503 g/mol. The Morgan fingerprint density at radius 1 is 1.24 bits per heavy atom. The predicted octanol–water partition coefficient (Wildman–Crippen LogP) is 4.81. The summed E-state index contributed by atoms with van der Waals surface area (Å²) in [5.41, 5.74) is 3.48. The van der Waals surface area contributed by atoms with E-state index in [4.69, 9.17) is 4.74 Å². The molecule has 0 spiro atoms. The van der Waals surface area contributed by atoms with Gasteiger partial charge in [-0.2, -0.15) is 4.98 Å². The standard InChI is InChI=1S/C29H33FN4O3S/c1-6-24(35)33-18(4)13-32(14-19(33)5)28-23-12-17(3)25(20-8-10-21(30)11-9-20)27-26(23)34(29(36)31-28)22(16-38-27)15-37-7-2/h6,8-12,18-19,22H,1,7,13-16H2,2-5H3/t18-,19+,22-/m0/s1. The van der Waals surface area contributed by atoms with E-state index in [-0.39, 0.29) is 35.5 Å². The van der Waals surface area contributed by atoms with Crippen LogP contribution in [0.4, 0.5) is 10.2 Å². The molecule has 0 N–H and O–H groups in total. The molecule has 2 aliphatic rings. The summed E-state index contributed by atoms with van der Waals surface area (Å²) in [6.07, 6.45) is 1.35. The summed E-state index contributed by atoms with van der Waals surface area (Å²) in [6.45, 7) is 13.8. The molecule has 38 heavy (non-hydrogen) atoms. The zero-order chi connectivity index (χ0) is 27.1. The quantitative estimate of drug-likeness (QED) is 0.422. The van der Waals surface area contributed by atoms with Crippen LogP contribution in [0.5, 0.6) is 0 Å². The van der Waals surface area contributed by atoms with E-state index in [2.05, 4.69) is 22.5 Å². The number of rotatable bonds is 6. The largest absolute Gasteiger partial charge is 0.380 e. The first-order chi connectivity index (χ1) is 18.2. The van der Waals surface area contributed by atoms with Crippen LogP contribution in [0.15, 0.2) is 52.7 Å². The highest BCUT2D eigenvalue weighted by Gasteiger charge is 2.35. The third-order valence-corrected chi connectivity index (χ3v) is 8.66. The van der Waals surface area contributed by atoms with E-state index in [1.165, 1.54) is 18.2 Å². The van der Waals surface area contributed by atoms with Gasteiger partial charge < -0.3 is 14.5 Å². The molecule has 0 unspecified atom stereocenters. The summed E-state index contributed by atoms with van der Waals surface area (Å²) in [6, 6.07) is 8.31. The second-order valence-electron chi connectivity index (χ2n) is 10.1. The van der Waals surface area contributed by atoms with Gasteiger partial charge >= 0.3 is 5.69 Å². The van der Waals surface area contributed by atoms with Crippen LogP contribution in [0.25, 0.3) is 22.0 Å². The SMILES string of the molecule is C=CC(=O)N1[C@H](C)CN(c2nc(=O)n3c4c(c(-c5ccc(F)cc5)c(C)cc24)SC[C@@H]3COCC)C[C@@H]1C. The maximum atomic E-state index is 13.8. The minimum absolute atomic E-state index is 0.0735. The fourth-order valence-corrected chi connectivity index (χ4v) is 7.22. The van der Waals surface area contributed by atoms with Crippen LogP contribution < -0.4 is 10.6 Å². The first-order valence-electron chi connectivity index (χ1n) is 13.0. The van der Waals surface area contributed by atoms with Crippen LogP contribution in [0.3, 0.4) is 0 Å². The third kappa shape index (κ3) is 4.52. The Kier molecular flexibility index (Phi) is 7.33. The van der Waals surface area contributed by atoms with Crippen molar-refractivity contribution in [2.75, 3.05) is 37.0 Å². The normalized spacial score (nSPS) is 21.1. The first kappa shape index (κ1) is 26.4. The van der Waals surface area contributed by atoms with Crippen molar-refractivity contribution in [2.24, 2.45) is 0 Å². The molecule has 3 atom stereocenters. The van der Waals surface area contributed by atoms with Crippen LogP contribution in [0.1, 0.15) is 32.4 Å². The minimum atomic E-state index is -0.308. The number of piperazine rings is 1. The molecule has 2 aliphatic heterocycles. The number of carbonyl (C=O) groups is 1. The summed E-state index contributed by atoms with van der Waals surface area (Å²) in [4.78, 5) is 35.8. The Bertz CT molecular complexity index is 1440. The van der Waals surface area contributed by atoms with Crippen molar-refractivity contribution in [2.45, 2.75) is 50.7 Å². The van der Waals surface area contributed by atoms with E-state index in [0.29, 0.717) is 37.9 Å². The smallest absolute Gasteiger partial charge is 0.350 e. The number of carbonyl (C=O) groups excluding carboxylic acids is 1. The number of hydrogen-bond acceptors (Lipinski definition) is 6. The lowest BCUT2D eigenvalue weighted by Gasteiger charge is -2.45. The van der Waals surface area contributed by atoms with Gasteiger partial charge in [-0.25, -0.2) is 9.18 Å². The average Bonchev–Trinajstić information content (AvgIpc) is 2.89. The Hall–Kier alpha value is -3.17. The summed E-state index contributed by atoms with van der Waals surface area (Å²) in [5.74, 6) is 0.936. The molecule has 200 valence electrons. The van der Waals surface area contributed by atoms with Crippen molar-refractivity contribution < 1.29 is 13.9 Å². The van der Waals surface area contributed by atoms with E-state index in [1.807, 2.05) is 32.6 Å². The maximum Gasteiger partial charge on any atom is 0.350 e. The van der Waals surface area contributed by atoms with Crippen LogP contribution in [0, 0.1) is 12.7 Å². The van der Waals surface area contributed by atoms with E-state index in [1.54, 1.807) is 28.5 Å². The second-order valence-corrected chi connectivity index (χ2v) is 11.1. The van der Waals surface area contributed by atoms with Crippen molar-refractivity contribution >= 4 is 34.4 Å². The molecule has 3 aromatic rings. The van der Waals surface area contributed by atoms with Crippen LogP contribution in [-0.2, 0) is 9.53 Å².